The number of amides is 2. The lowest BCUT2D eigenvalue weighted by Crippen LogP contribution is -2.46. The molecule has 2 aromatic rings. The second-order valence-electron chi connectivity index (χ2n) is 6.64. The number of carbonyl (C=O) groups excluding carboxylic acids is 2. The van der Waals surface area contributed by atoms with Gasteiger partial charge in [-0.05, 0) is 48.4 Å². The molecule has 26 heavy (non-hydrogen) atoms. The quantitative estimate of drug-likeness (QED) is 0.820. The maximum Gasteiger partial charge on any atom is 0.252 e. The van der Waals surface area contributed by atoms with Crippen LogP contribution in [0.5, 0.6) is 0 Å². The summed E-state index contributed by atoms with van der Waals surface area (Å²) >= 11 is 1.53. The Morgan fingerprint density at radius 2 is 2.04 bits per heavy atom. The number of hydrogen-bond donors (Lipinski definition) is 2. The molecule has 1 fully saturated rings. The highest BCUT2D eigenvalue weighted by atomic mass is 32.1. The van der Waals surface area contributed by atoms with Gasteiger partial charge >= 0.3 is 0 Å². The Balaban J connectivity index is 1.42. The van der Waals surface area contributed by atoms with Gasteiger partial charge in [-0.3, -0.25) is 14.5 Å². The molecule has 0 bridgehead atoms. The molecule has 0 aliphatic carbocycles. The van der Waals surface area contributed by atoms with Crippen LogP contribution in [0.1, 0.15) is 35.7 Å². The number of nitrogens with one attached hydrogen (secondary N) is 2. The maximum atomic E-state index is 12.3. The fourth-order valence-corrected chi connectivity index (χ4v) is 3.81. The minimum Gasteiger partial charge on any atom is -0.349 e. The maximum absolute atomic E-state index is 12.3. The van der Waals surface area contributed by atoms with Crippen LogP contribution in [0.3, 0.4) is 0 Å². The minimum absolute atomic E-state index is 0.00162. The number of thiophene rings is 1. The second kappa shape index (κ2) is 8.96. The summed E-state index contributed by atoms with van der Waals surface area (Å²) < 4.78 is 0. The van der Waals surface area contributed by atoms with E-state index in [1.54, 1.807) is 0 Å². The van der Waals surface area contributed by atoms with Crippen molar-refractivity contribution in [1.29, 1.82) is 0 Å². The summed E-state index contributed by atoms with van der Waals surface area (Å²) in [4.78, 5) is 26.5. The summed E-state index contributed by atoms with van der Waals surface area (Å²) in [5.41, 5.74) is 2.79. The molecule has 0 radical (unpaired) electrons. The smallest absolute Gasteiger partial charge is 0.252 e. The van der Waals surface area contributed by atoms with Gasteiger partial charge in [0.2, 0.25) is 5.91 Å². The first-order valence-electron chi connectivity index (χ1n) is 9.08. The molecule has 2 N–H and O–H groups in total. The Bertz CT molecular complexity index is 737. The molecule has 6 heteroatoms. The molecule has 1 aliphatic heterocycles. The van der Waals surface area contributed by atoms with Gasteiger partial charge in [-0.25, -0.2) is 0 Å². The highest BCUT2D eigenvalue weighted by Gasteiger charge is 2.22. The van der Waals surface area contributed by atoms with Crippen LogP contribution in [0, 0.1) is 0 Å². The van der Waals surface area contributed by atoms with E-state index in [1.165, 1.54) is 16.9 Å². The van der Waals surface area contributed by atoms with Crippen molar-refractivity contribution < 1.29 is 9.59 Å². The normalized spacial score (nSPS) is 15.6. The van der Waals surface area contributed by atoms with Gasteiger partial charge in [-0.2, -0.15) is 11.3 Å². The lowest BCUT2D eigenvalue weighted by Gasteiger charge is -2.31. The van der Waals surface area contributed by atoms with Gasteiger partial charge in [0.25, 0.3) is 5.91 Å². The molecule has 2 heterocycles. The monoisotopic (exact) mass is 371 g/mol. The number of hydrogen-bond acceptors (Lipinski definition) is 4. The third-order valence-electron chi connectivity index (χ3n) is 4.69. The number of aryl methyl sites for hydroxylation is 1. The van der Waals surface area contributed by atoms with Crippen LogP contribution >= 0.6 is 11.3 Å². The van der Waals surface area contributed by atoms with Crippen LogP contribution in [0.2, 0.25) is 0 Å². The Morgan fingerprint density at radius 3 is 2.73 bits per heavy atom. The topological polar surface area (TPSA) is 61.4 Å². The van der Waals surface area contributed by atoms with E-state index in [-0.39, 0.29) is 17.9 Å². The van der Waals surface area contributed by atoms with E-state index in [0.29, 0.717) is 6.54 Å². The fourth-order valence-electron chi connectivity index (χ4n) is 3.17. The van der Waals surface area contributed by atoms with Gasteiger partial charge in [0.1, 0.15) is 0 Å². The van der Waals surface area contributed by atoms with Crippen molar-refractivity contribution in [2.24, 2.45) is 0 Å². The zero-order valence-electron chi connectivity index (χ0n) is 15.0. The molecule has 2 amide bonds. The molecule has 1 aromatic heterocycles. The van der Waals surface area contributed by atoms with Gasteiger partial charge in [-0.15, -0.1) is 0 Å². The van der Waals surface area contributed by atoms with Crippen LogP contribution in [0.25, 0.3) is 0 Å². The van der Waals surface area contributed by atoms with Crippen LogP contribution in [0.4, 0.5) is 5.69 Å². The minimum atomic E-state index is -0.00162. The van der Waals surface area contributed by atoms with E-state index in [9.17, 15) is 9.59 Å². The van der Waals surface area contributed by atoms with E-state index >= 15 is 0 Å². The third-order valence-corrected chi connectivity index (χ3v) is 5.38. The average molecular weight is 372 g/mol. The number of likely N-dealkylation sites (tertiary alicyclic amines) is 1. The van der Waals surface area contributed by atoms with Gasteiger partial charge < -0.3 is 10.6 Å². The molecule has 5 nitrogen and oxygen atoms in total. The van der Waals surface area contributed by atoms with E-state index in [1.807, 2.05) is 35.0 Å². The summed E-state index contributed by atoms with van der Waals surface area (Å²) in [7, 11) is 0. The zero-order chi connectivity index (χ0) is 18.4. The number of benzene rings is 1. The summed E-state index contributed by atoms with van der Waals surface area (Å²) in [6, 6.07) is 9.99. The molecular formula is C20H25N3O2S. The lowest BCUT2D eigenvalue weighted by atomic mass is 10.0. The highest BCUT2D eigenvalue weighted by molar-refractivity contribution is 7.08. The van der Waals surface area contributed by atoms with Crippen molar-refractivity contribution >= 4 is 28.8 Å². The lowest BCUT2D eigenvalue weighted by molar-refractivity contribution is -0.117. The number of anilines is 1. The molecular weight excluding hydrogens is 346 g/mol. The largest absolute Gasteiger partial charge is 0.349 e. The molecule has 0 unspecified atom stereocenters. The SMILES string of the molecule is CCc1cccc(NC(=O)CN2CCC(NC(=O)c3ccsc3)CC2)c1. The van der Waals surface area contributed by atoms with Crippen molar-refractivity contribution in [3.05, 3.63) is 52.2 Å². The van der Waals surface area contributed by atoms with Crippen molar-refractivity contribution in [3.8, 4) is 0 Å². The van der Waals surface area contributed by atoms with Gasteiger partial charge in [0.05, 0.1) is 6.54 Å². The van der Waals surface area contributed by atoms with Crippen LogP contribution in [0.15, 0.2) is 41.1 Å². The van der Waals surface area contributed by atoms with Crippen LogP contribution in [-0.2, 0) is 11.2 Å². The predicted molar refractivity (Wildman–Crippen MR) is 106 cm³/mol. The summed E-state index contributed by atoms with van der Waals surface area (Å²) in [5.74, 6) is 0.0114. The highest BCUT2D eigenvalue weighted by Crippen LogP contribution is 2.14. The first kappa shape index (κ1) is 18.6. The van der Waals surface area contributed by atoms with Crippen molar-refractivity contribution in [3.63, 3.8) is 0 Å². The molecule has 0 atom stereocenters. The Kier molecular flexibility index (Phi) is 6.41. The van der Waals surface area contributed by atoms with Gasteiger partial charge in [0.15, 0.2) is 0 Å². The third kappa shape index (κ3) is 5.16. The molecule has 138 valence electrons. The number of nitrogens with zero attached hydrogens (tertiary/aromatic N) is 1. The van der Waals surface area contributed by atoms with E-state index in [4.69, 9.17) is 0 Å². The molecule has 1 saturated heterocycles. The van der Waals surface area contributed by atoms with E-state index in [0.717, 1.165) is 43.6 Å². The number of piperidine rings is 1. The first-order valence-corrected chi connectivity index (χ1v) is 10.0. The van der Waals surface area contributed by atoms with Crippen molar-refractivity contribution in [2.75, 3.05) is 25.0 Å². The Labute approximate surface area is 158 Å². The standard InChI is InChI=1S/C20H25N3O2S/c1-2-15-4-3-5-18(12-15)21-19(24)13-23-9-6-17(7-10-23)22-20(25)16-8-11-26-14-16/h3-5,8,11-12,14,17H,2,6-7,9-10,13H2,1H3,(H,21,24)(H,22,25). The van der Waals surface area contributed by atoms with Crippen molar-refractivity contribution in [2.45, 2.75) is 32.2 Å². The number of carbonyl (C=O) groups is 2. The summed E-state index contributed by atoms with van der Waals surface area (Å²) in [6.45, 7) is 4.12. The average Bonchev–Trinajstić information content (AvgIpc) is 3.18. The summed E-state index contributed by atoms with van der Waals surface area (Å²) in [6.07, 6.45) is 2.69. The van der Waals surface area contributed by atoms with Crippen molar-refractivity contribution in [1.82, 2.24) is 10.2 Å². The fraction of sp³-hybridized carbons (Fsp3) is 0.400. The Morgan fingerprint density at radius 1 is 1.23 bits per heavy atom. The zero-order valence-corrected chi connectivity index (χ0v) is 15.8. The van der Waals surface area contributed by atoms with E-state index < -0.39 is 0 Å². The summed E-state index contributed by atoms with van der Waals surface area (Å²) in [5, 5.41) is 9.84. The first-order chi connectivity index (χ1) is 12.6. The predicted octanol–water partition coefficient (Wildman–Crippen LogP) is 3.14. The second-order valence-corrected chi connectivity index (χ2v) is 7.42. The van der Waals surface area contributed by atoms with Crippen LogP contribution in [-0.4, -0.2) is 42.4 Å². The Hall–Kier alpha value is -2.18. The molecule has 1 aromatic carbocycles. The van der Waals surface area contributed by atoms with E-state index in [2.05, 4.69) is 28.5 Å². The molecule has 3 rings (SSSR count). The molecule has 0 saturated carbocycles. The van der Waals surface area contributed by atoms with Gasteiger partial charge in [-0.1, -0.05) is 19.1 Å². The number of rotatable bonds is 6. The van der Waals surface area contributed by atoms with Gasteiger partial charge in [0, 0.05) is 35.8 Å². The molecule has 1 aliphatic rings. The van der Waals surface area contributed by atoms with Crippen LogP contribution < -0.4 is 10.6 Å². The molecule has 0 spiro atoms.